The maximum absolute atomic E-state index is 13.1. The minimum Gasteiger partial charge on any atom is -0.505 e. The molecule has 444 valence electrons. The van der Waals surface area contributed by atoms with Gasteiger partial charge in [0.2, 0.25) is 16.7 Å². The molecule has 2 aromatic heterocycles. The number of carboxylic acids is 1. The Balaban J connectivity index is 1.23. The Kier molecular flexibility index (Phi) is 16.2. The number of hydrogen-bond donors (Lipinski definition) is 10. The number of fused-ring (bicyclic) bond motifs is 3. The zero-order chi connectivity index (χ0) is 62.2. The average Bonchev–Trinajstić information content (AvgIpc) is 0.968. The van der Waals surface area contributed by atoms with Gasteiger partial charge in [-0.3, -0.25) is 31.9 Å². The summed E-state index contributed by atoms with van der Waals surface area (Å²) in [6, 6.07) is 9.15. The largest absolute Gasteiger partial charge is 0.505 e. The number of carboxylic acid groups (broad SMARTS) is 1. The van der Waals surface area contributed by atoms with Crippen molar-refractivity contribution in [3.63, 3.8) is 0 Å². The predicted molar refractivity (Wildman–Crippen MR) is 284 cm³/mol. The van der Waals surface area contributed by atoms with Crippen LogP contribution >= 0.6 is 11.3 Å². The second-order valence-electron chi connectivity index (χ2n) is 16.9. The smallest absolute Gasteiger partial charge is 0.358 e. The topological polar surface area (TPSA) is 572 Å². The van der Waals surface area contributed by atoms with Crippen LogP contribution in [0.2, 0.25) is 0 Å². The van der Waals surface area contributed by atoms with Gasteiger partial charge in [-0.15, -0.1) is 30.7 Å². The van der Waals surface area contributed by atoms with Crippen molar-refractivity contribution in [3.05, 3.63) is 84.1 Å². The highest BCUT2D eigenvalue weighted by atomic mass is 32.2. The molecule has 43 heteroatoms. The molecule has 0 fully saturated rings. The van der Waals surface area contributed by atoms with Gasteiger partial charge < -0.3 is 20.1 Å². The minimum atomic E-state index is -5.74. The summed E-state index contributed by atoms with van der Waals surface area (Å²) in [6.45, 7) is 0.981. The number of rotatable bonds is 19. The monoisotopic (exact) mass is 1320 g/mol. The predicted octanol–water partition coefficient (Wildman–Crippen LogP) is 6.59. The Morgan fingerprint density at radius 1 is 0.571 bits per heavy atom. The number of aromatic nitrogens is 3. The molecule has 0 unspecified atom stereocenters. The van der Waals surface area contributed by atoms with Gasteiger partial charge in [-0.25, -0.2) is 9.78 Å². The number of aryl methyl sites for hydroxylation is 1. The molecule has 0 aliphatic heterocycles. The number of ether oxygens (including phenoxy) is 1. The number of carbonyl (C=O) groups is 1. The summed E-state index contributed by atoms with van der Waals surface area (Å²) >= 11 is 0.869. The van der Waals surface area contributed by atoms with Crippen molar-refractivity contribution in [2.75, 3.05) is 12.4 Å². The van der Waals surface area contributed by atoms with Crippen molar-refractivity contribution in [2.45, 2.75) is 42.7 Å². The summed E-state index contributed by atoms with van der Waals surface area (Å²) < 4.78 is 248. The van der Waals surface area contributed by atoms with E-state index in [1.807, 2.05) is 0 Å². The maximum atomic E-state index is 13.1. The molecule has 0 aliphatic carbocycles. The van der Waals surface area contributed by atoms with Crippen LogP contribution in [0.15, 0.2) is 133 Å². The number of hydrogen-bond acceptors (Lipinski definition) is 27. The quantitative estimate of drug-likeness (QED) is 0.0232. The molecule has 0 saturated carbocycles. The summed E-state index contributed by atoms with van der Waals surface area (Å²) in [5.41, 5.74) is -5.52. The molecule has 0 saturated heterocycles. The zero-order valence-corrected chi connectivity index (χ0v) is 47.4. The van der Waals surface area contributed by atoms with E-state index in [-0.39, 0.29) is 55.2 Å². The van der Waals surface area contributed by atoms with Gasteiger partial charge in [0.05, 0.1) is 43.7 Å². The van der Waals surface area contributed by atoms with E-state index in [0.717, 1.165) is 29.5 Å². The lowest BCUT2D eigenvalue weighted by atomic mass is 10.1. The van der Waals surface area contributed by atoms with Crippen LogP contribution in [0.4, 0.5) is 33.6 Å². The lowest BCUT2D eigenvalue weighted by Gasteiger charge is -2.13. The van der Waals surface area contributed by atoms with Crippen molar-refractivity contribution in [3.8, 4) is 23.1 Å². The second kappa shape index (κ2) is 21.9. The fourth-order valence-electron chi connectivity index (χ4n) is 7.68. The van der Waals surface area contributed by atoms with Gasteiger partial charge in [0.25, 0.3) is 70.8 Å². The molecular formula is C41H31N9O26S8. The molecule has 8 rings (SSSR count). The number of benzene rings is 6. The van der Waals surface area contributed by atoms with Crippen molar-refractivity contribution in [1.29, 1.82) is 0 Å². The van der Waals surface area contributed by atoms with E-state index in [2.05, 4.69) is 40.8 Å². The summed E-state index contributed by atoms with van der Waals surface area (Å²) in [4.78, 5) is 9.25. The molecule has 0 bridgehead atoms. The third-order valence-electron chi connectivity index (χ3n) is 11.3. The maximum Gasteiger partial charge on any atom is 0.358 e. The van der Waals surface area contributed by atoms with Crippen LogP contribution in [0, 0.1) is 6.92 Å². The highest BCUT2D eigenvalue weighted by Crippen LogP contribution is 2.47. The number of phenols is 1. The Bertz CT molecular complexity index is 5130. The summed E-state index contributed by atoms with van der Waals surface area (Å²) in [5, 5.41) is 55.8. The van der Waals surface area contributed by atoms with Crippen molar-refractivity contribution in [2.24, 2.45) is 30.7 Å². The van der Waals surface area contributed by atoms with Crippen molar-refractivity contribution in [1.82, 2.24) is 14.8 Å². The highest BCUT2D eigenvalue weighted by molar-refractivity contribution is 7.88. The van der Waals surface area contributed by atoms with Crippen LogP contribution in [-0.4, -0.2) is 139 Å². The first-order valence-electron chi connectivity index (χ1n) is 21.9. The third kappa shape index (κ3) is 13.2. The summed E-state index contributed by atoms with van der Waals surface area (Å²) in [7, 11) is -37.0. The Hall–Kier alpha value is -8.02. The van der Waals surface area contributed by atoms with E-state index >= 15 is 0 Å². The molecule has 0 aliphatic rings. The fraction of sp³-hybridized carbons (Fsp3) is 0.0976. The number of thiazole rings is 1. The average molecular weight is 1320 g/mol. The number of aromatic hydroxyl groups is 2. The van der Waals surface area contributed by atoms with E-state index in [4.69, 9.17) is 4.74 Å². The van der Waals surface area contributed by atoms with E-state index in [0.29, 0.717) is 30.3 Å². The molecule has 8 aromatic rings. The number of azo groups is 3. The molecule has 0 atom stereocenters. The molecule has 0 radical (unpaired) electrons. The summed E-state index contributed by atoms with van der Waals surface area (Å²) in [5.74, 6) is -5.94. The Morgan fingerprint density at radius 2 is 1.17 bits per heavy atom. The molecule has 84 heavy (non-hydrogen) atoms. The molecule has 0 spiro atoms. The Morgan fingerprint density at radius 3 is 1.76 bits per heavy atom. The first-order valence-corrected chi connectivity index (χ1v) is 32.9. The van der Waals surface area contributed by atoms with Gasteiger partial charge in [-0.05, 0) is 85.6 Å². The Labute approximate surface area is 473 Å². The fourth-order valence-corrected chi connectivity index (χ4v) is 13.1. The van der Waals surface area contributed by atoms with E-state index < -0.39 is 180 Å². The molecule has 0 amide bonds. The number of nitrogens with zero attached hydrogens (tertiary/aromatic N) is 9. The van der Waals surface area contributed by atoms with Crippen LogP contribution in [-0.2, 0) is 70.8 Å². The van der Waals surface area contributed by atoms with Crippen LogP contribution in [0.3, 0.4) is 0 Å². The molecule has 10 N–H and O–H groups in total. The highest BCUT2D eigenvalue weighted by Gasteiger charge is 2.32. The van der Waals surface area contributed by atoms with Gasteiger partial charge in [0.15, 0.2) is 11.4 Å². The standard InChI is InChI=1S/C41H31N9O26S8/c1-17-9-28(29(76-7-2-8-78(55,56)57)16-27(17)44-48-41-42-25-5-3-19(79(58,59)60)13-30(25)77-41)45-46-34-33(83(70,71)72)15-24-21(37(34)51)4-6-26(38(24)84(73,74)75)43-47-35-36(40(53)54)49-50(39(35)52)18-10-22-23(31(11-18)81(64,65)66)12-20(80(61,62)63)14-32(22)82(67,68)69/h3-6,9-16,51-52H,2,7-8H2,1H3,(H,53,54)(H,55,56,57)(H,58,59,60)(H,61,62,63)(H,64,65,66)(H,67,68,69)(H,70,71,72)(H,73,74,75). The molecular weight excluding hydrogens is 1290 g/mol. The van der Waals surface area contributed by atoms with E-state index in [9.17, 15) is 111 Å². The van der Waals surface area contributed by atoms with Gasteiger partial charge in [0, 0.05) is 27.6 Å². The lowest BCUT2D eigenvalue weighted by Crippen LogP contribution is -2.09. The van der Waals surface area contributed by atoms with Crippen molar-refractivity contribution >= 4 is 153 Å². The van der Waals surface area contributed by atoms with Crippen LogP contribution < -0.4 is 4.74 Å². The number of phenolic OH excluding ortho intramolecular Hbond substituents is 1. The van der Waals surface area contributed by atoms with Crippen LogP contribution in [0.25, 0.3) is 37.4 Å². The van der Waals surface area contributed by atoms with Gasteiger partial charge in [-0.1, -0.05) is 11.3 Å². The normalized spacial score (nSPS) is 13.4. The lowest BCUT2D eigenvalue weighted by molar-refractivity contribution is 0.0690. The van der Waals surface area contributed by atoms with Gasteiger partial charge >= 0.3 is 5.97 Å². The van der Waals surface area contributed by atoms with Crippen LogP contribution in [0.1, 0.15) is 22.5 Å². The first-order chi connectivity index (χ1) is 38.6. The van der Waals surface area contributed by atoms with Crippen LogP contribution in [0.5, 0.6) is 17.4 Å². The molecule has 2 heterocycles. The number of aromatic carboxylic acids is 1. The first kappa shape index (κ1) is 62.0. The minimum absolute atomic E-state index is 0.00920. The van der Waals surface area contributed by atoms with Crippen molar-refractivity contribution < 1.29 is 116 Å². The second-order valence-corrected chi connectivity index (χ2v) is 27.9. The van der Waals surface area contributed by atoms with E-state index in [1.165, 1.54) is 25.1 Å². The summed E-state index contributed by atoms with van der Waals surface area (Å²) in [6.07, 6.45) is -0.334. The van der Waals surface area contributed by atoms with E-state index in [1.54, 1.807) is 0 Å². The van der Waals surface area contributed by atoms with Gasteiger partial charge in [0.1, 0.15) is 42.4 Å². The molecule has 6 aromatic carbocycles. The SMILES string of the molecule is Cc1cc(N=Nc2c(S(=O)(=O)O)cc3c(S(=O)(=O)O)c(N=Nc4c(C(=O)O)nn(-c5cc(S(=O)(=O)O)c6cc(S(=O)(=O)O)cc(S(=O)(=O)O)c6c5)c4O)ccc3c2O)c(OCCCS(=O)(=O)O)cc1N=Nc1nc2ccc(S(=O)(=O)O)cc2s1. The zero-order valence-electron chi connectivity index (χ0n) is 40.8. The van der Waals surface area contributed by atoms with Gasteiger partial charge in [-0.2, -0.15) is 68.7 Å². The third-order valence-corrected chi connectivity index (χ3v) is 18.3. The molecule has 35 nitrogen and oxygen atoms in total.